The lowest BCUT2D eigenvalue weighted by Crippen LogP contribution is -2.16. The molecule has 23 heavy (non-hydrogen) atoms. The monoisotopic (exact) mass is 330 g/mol. The predicted molar refractivity (Wildman–Crippen MR) is 86.1 cm³/mol. The molecule has 6 heteroatoms. The zero-order chi connectivity index (χ0) is 16.6. The molecule has 116 valence electrons. The molecule has 0 spiro atoms. The summed E-state index contributed by atoms with van der Waals surface area (Å²) < 4.78 is 14.0. The Balaban J connectivity index is 2.21. The summed E-state index contributed by atoms with van der Waals surface area (Å²) in [5, 5.41) is 11.0. The van der Waals surface area contributed by atoms with Crippen molar-refractivity contribution in [2.24, 2.45) is 5.73 Å². The maximum Gasteiger partial charge on any atom is 0.254 e. The molecule has 0 aliphatic carbocycles. The third kappa shape index (κ3) is 2.83. The largest absolute Gasteiger partial charge is 0.506 e. The van der Waals surface area contributed by atoms with Gasteiger partial charge in [0.25, 0.3) is 5.91 Å². The van der Waals surface area contributed by atoms with Crippen LogP contribution in [0.1, 0.15) is 21.6 Å². The van der Waals surface area contributed by atoms with E-state index in [1.807, 2.05) is 0 Å². The van der Waals surface area contributed by atoms with Crippen LogP contribution in [0.4, 0.5) is 4.39 Å². The van der Waals surface area contributed by atoms with Crippen LogP contribution >= 0.6 is 11.6 Å². The van der Waals surface area contributed by atoms with Crippen molar-refractivity contribution in [1.29, 1.82) is 0 Å². The van der Waals surface area contributed by atoms with E-state index in [1.165, 1.54) is 18.2 Å². The summed E-state index contributed by atoms with van der Waals surface area (Å²) in [4.78, 5) is 15.9. The summed E-state index contributed by atoms with van der Waals surface area (Å²) in [5.41, 5.74) is 6.29. The van der Waals surface area contributed by atoms with Gasteiger partial charge in [0.2, 0.25) is 0 Å². The zero-order valence-electron chi connectivity index (χ0n) is 11.9. The van der Waals surface area contributed by atoms with Gasteiger partial charge in [-0.25, -0.2) is 9.37 Å². The molecular weight excluding hydrogens is 319 g/mol. The molecule has 1 heterocycles. The maximum atomic E-state index is 14.0. The Morgan fingerprint density at radius 3 is 2.57 bits per heavy atom. The number of nitrogens with two attached hydrogens (primary N) is 1. The quantitative estimate of drug-likeness (QED) is 0.772. The van der Waals surface area contributed by atoms with Gasteiger partial charge in [-0.15, -0.1) is 0 Å². The highest BCUT2D eigenvalue weighted by Gasteiger charge is 2.20. The molecule has 0 bridgehead atoms. The van der Waals surface area contributed by atoms with E-state index in [4.69, 9.17) is 17.3 Å². The first-order valence-electron chi connectivity index (χ1n) is 6.81. The fourth-order valence-corrected chi connectivity index (χ4v) is 2.59. The van der Waals surface area contributed by atoms with Gasteiger partial charge in [-0.1, -0.05) is 29.8 Å². The maximum absolute atomic E-state index is 14.0. The molecule has 3 aromatic rings. The average molecular weight is 331 g/mol. The normalized spacial score (nSPS) is 10.9. The number of carbonyl (C=O) groups excluding carboxylic acids is 1. The van der Waals surface area contributed by atoms with Crippen LogP contribution < -0.4 is 5.73 Å². The number of nitrogens with zero attached hydrogens (tertiary/aromatic N) is 1. The van der Waals surface area contributed by atoms with E-state index in [0.29, 0.717) is 5.02 Å². The number of aromatic hydroxyl groups is 1. The molecule has 1 aromatic heterocycles. The highest BCUT2D eigenvalue weighted by molar-refractivity contribution is 6.30. The van der Waals surface area contributed by atoms with Crippen molar-refractivity contribution in [2.45, 2.75) is 6.42 Å². The fourth-order valence-electron chi connectivity index (χ4n) is 2.46. The van der Waals surface area contributed by atoms with Crippen molar-refractivity contribution in [3.8, 4) is 5.75 Å². The molecule has 0 saturated heterocycles. The molecule has 2 aromatic carbocycles. The number of hydrogen-bond donors (Lipinski definition) is 2. The lowest BCUT2D eigenvalue weighted by atomic mass is 10.0. The first-order chi connectivity index (χ1) is 11.0. The molecule has 0 saturated carbocycles. The third-order valence-corrected chi connectivity index (χ3v) is 3.80. The van der Waals surface area contributed by atoms with Crippen molar-refractivity contribution in [2.75, 3.05) is 0 Å². The molecule has 0 radical (unpaired) electrons. The van der Waals surface area contributed by atoms with Crippen molar-refractivity contribution < 1.29 is 14.3 Å². The number of amides is 1. The first-order valence-corrected chi connectivity index (χ1v) is 7.19. The Morgan fingerprint density at radius 1 is 1.22 bits per heavy atom. The number of rotatable bonds is 3. The summed E-state index contributed by atoms with van der Waals surface area (Å²) >= 11 is 5.84. The molecule has 0 fully saturated rings. The minimum atomic E-state index is -0.815. The number of aromatic nitrogens is 1. The van der Waals surface area contributed by atoms with Crippen molar-refractivity contribution >= 4 is 28.4 Å². The summed E-state index contributed by atoms with van der Waals surface area (Å²) in [6.07, 6.45) is 0.216. The van der Waals surface area contributed by atoms with Gasteiger partial charge in [0.05, 0.1) is 5.69 Å². The van der Waals surface area contributed by atoms with Crippen molar-refractivity contribution in [3.05, 3.63) is 70.1 Å². The number of pyridine rings is 1. The molecular formula is C17H12ClFN2O2. The van der Waals surface area contributed by atoms with Gasteiger partial charge in [0, 0.05) is 16.8 Å². The smallest absolute Gasteiger partial charge is 0.254 e. The van der Waals surface area contributed by atoms with Crippen molar-refractivity contribution in [1.82, 2.24) is 4.98 Å². The molecule has 3 rings (SSSR count). The Bertz CT molecular complexity index is 911. The molecule has 1 amide bonds. The predicted octanol–water partition coefficient (Wildman–Crippen LogP) is 3.42. The highest BCUT2D eigenvalue weighted by atomic mass is 35.5. The number of primary amides is 1. The fraction of sp³-hybridized carbons (Fsp3) is 0.0588. The number of halogens is 2. The molecule has 4 nitrogen and oxygen atoms in total. The number of benzene rings is 2. The van der Waals surface area contributed by atoms with Crippen LogP contribution in [-0.2, 0) is 6.42 Å². The lowest BCUT2D eigenvalue weighted by Gasteiger charge is -2.12. The summed E-state index contributed by atoms with van der Waals surface area (Å²) in [6, 6.07) is 11.1. The highest BCUT2D eigenvalue weighted by Crippen LogP contribution is 2.31. The van der Waals surface area contributed by atoms with E-state index in [9.17, 15) is 14.3 Å². The van der Waals surface area contributed by atoms with Gasteiger partial charge in [-0.05, 0) is 29.8 Å². The van der Waals surface area contributed by atoms with E-state index >= 15 is 0 Å². The number of fused-ring (bicyclic) bond motifs is 1. The minimum absolute atomic E-state index is 0.000960. The van der Waals surface area contributed by atoms with Gasteiger partial charge in [0.1, 0.15) is 22.6 Å². The standard InChI is InChI=1S/C17H12ClFN2O2/c18-10-6-4-9(5-7-10)8-13-14(17(20)23)16(22)11-2-1-3-12(19)15(11)21-13/h1-7H,8H2,(H2,20,23)(H,21,22). The summed E-state index contributed by atoms with van der Waals surface area (Å²) in [5.74, 6) is -1.75. The minimum Gasteiger partial charge on any atom is -0.506 e. The van der Waals surface area contributed by atoms with Crippen LogP contribution in [0.2, 0.25) is 5.02 Å². The first kappa shape index (κ1) is 15.2. The molecule has 0 atom stereocenters. The summed E-state index contributed by atoms with van der Waals surface area (Å²) in [7, 11) is 0. The SMILES string of the molecule is NC(=O)c1c(Cc2ccc(Cl)cc2)nc2c(F)cccc2c1O. The van der Waals surface area contributed by atoms with Crippen LogP contribution in [0.5, 0.6) is 5.75 Å². The second-order valence-corrected chi connectivity index (χ2v) is 5.52. The van der Waals surface area contributed by atoms with E-state index in [-0.39, 0.29) is 34.3 Å². The molecule has 0 aliphatic heterocycles. The Morgan fingerprint density at radius 2 is 1.91 bits per heavy atom. The zero-order valence-corrected chi connectivity index (χ0v) is 12.6. The van der Waals surface area contributed by atoms with Crippen LogP contribution in [0.15, 0.2) is 42.5 Å². The van der Waals surface area contributed by atoms with Gasteiger partial charge < -0.3 is 10.8 Å². The lowest BCUT2D eigenvalue weighted by molar-refractivity contribution is 0.0996. The third-order valence-electron chi connectivity index (χ3n) is 3.55. The molecule has 0 aliphatic rings. The van der Waals surface area contributed by atoms with E-state index in [0.717, 1.165) is 5.56 Å². The summed E-state index contributed by atoms with van der Waals surface area (Å²) in [6.45, 7) is 0. The van der Waals surface area contributed by atoms with Gasteiger partial charge in [0.15, 0.2) is 0 Å². The molecule has 0 unspecified atom stereocenters. The Labute approximate surface area is 136 Å². The van der Waals surface area contributed by atoms with Crippen LogP contribution in [0.25, 0.3) is 10.9 Å². The molecule has 3 N–H and O–H groups in total. The van der Waals surface area contributed by atoms with Crippen LogP contribution in [-0.4, -0.2) is 16.0 Å². The Kier molecular flexibility index (Phi) is 3.88. The second kappa shape index (κ2) is 5.85. The topological polar surface area (TPSA) is 76.2 Å². The van der Waals surface area contributed by atoms with Gasteiger partial charge >= 0.3 is 0 Å². The van der Waals surface area contributed by atoms with Crippen LogP contribution in [0.3, 0.4) is 0 Å². The van der Waals surface area contributed by atoms with Crippen LogP contribution in [0, 0.1) is 5.82 Å². The van der Waals surface area contributed by atoms with Gasteiger partial charge in [-0.2, -0.15) is 0 Å². The Hall–Kier alpha value is -2.66. The van der Waals surface area contributed by atoms with E-state index < -0.39 is 11.7 Å². The number of para-hydroxylation sites is 1. The van der Waals surface area contributed by atoms with Crippen molar-refractivity contribution in [3.63, 3.8) is 0 Å². The van der Waals surface area contributed by atoms with E-state index in [1.54, 1.807) is 24.3 Å². The van der Waals surface area contributed by atoms with Gasteiger partial charge in [-0.3, -0.25) is 4.79 Å². The number of carbonyl (C=O) groups is 1. The number of hydrogen-bond acceptors (Lipinski definition) is 3. The average Bonchev–Trinajstić information content (AvgIpc) is 2.50. The second-order valence-electron chi connectivity index (χ2n) is 5.09. The van der Waals surface area contributed by atoms with E-state index in [2.05, 4.69) is 4.98 Å².